The SMILES string of the molecule is COC(=O)c1nc2nc(C)c(CN)c(-c3ccc(Cl)cc3Cl)n2n1. The molecule has 0 aliphatic heterocycles. The van der Waals surface area contributed by atoms with E-state index in [1.807, 2.05) is 6.92 Å². The lowest BCUT2D eigenvalue weighted by Crippen LogP contribution is -2.10. The number of halogens is 2. The van der Waals surface area contributed by atoms with E-state index in [1.54, 1.807) is 18.2 Å². The number of rotatable bonds is 3. The van der Waals surface area contributed by atoms with Gasteiger partial charge in [0.25, 0.3) is 11.6 Å². The van der Waals surface area contributed by atoms with Crippen LogP contribution in [-0.4, -0.2) is 32.7 Å². The summed E-state index contributed by atoms with van der Waals surface area (Å²) in [5.74, 6) is -0.489. The molecule has 0 fully saturated rings. The van der Waals surface area contributed by atoms with Gasteiger partial charge in [0.2, 0.25) is 0 Å². The first-order valence-electron chi connectivity index (χ1n) is 6.96. The van der Waals surface area contributed by atoms with E-state index in [4.69, 9.17) is 28.9 Å². The van der Waals surface area contributed by atoms with Crippen LogP contribution in [-0.2, 0) is 11.3 Å². The Kier molecular flexibility index (Phi) is 4.40. The molecule has 2 heterocycles. The quantitative estimate of drug-likeness (QED) is 0.716. The minimum atomic E-state index is -0.652. The second-order valence-corrected chi connectivity index (χ2v) is 5.84. The predicted octanol–water partition coefficient (Wildman–Crippen LogP) is 2.65. The topological polar surface area (TPSA) is 95.4 Å². The molecule has 0 saturated carbocycles. The Morgan fingerprint density at radius 1 is 1.33 bits per heavy atom. The molecule has 0 saturated heterocycles. The van der Waals surface area contributed by atoms with E-state index in [9.17, 15) is 4.79 Å². The number of hydrogen-bond acceptors (Lipinski definition) is 6. The second kappa shape index (κ2) is 6.35. The fourth-order valence-electron chi connectivity index (χ4n) is 2.42. The highest BCUT2D eigenvalue weighted by molar-refractivity contribution is 6.36. The first kappa shape index (κ1) is 16.6. The number of nitrogens with zero attached hydrogens (tertiary/aromatic N) is 4. The van der Waals surface area contributed by atoms with Crippen molar-refractivity contribution in [1.29, 1.82) is 0 Å². The summed E-state index contributed by atoms with van der Waals surface area (Å²) in [5, 5.41) is 5.13. The molecule has 1 aromatic carbocycles. The zero-order valence-electron chi connectivity index (χ0n) is 12.9. The number of fused-ring (bicyclic) bond motifs is 1. The van der Waals surface area contributed by atoms with Crippen molar-refractivity contribution >= 4 is 34.9 Å². The Morgan fingerprint density at radius 2 is 2.08 bits per heavy atom. The van der Waals surface area contributed by atoms with Gasteiger partial charge in [0.15, 0.2) is 0 Å². The second-order valence-electron chi connectivity index (χ2n) is 4.99. The highest BCUT2D eigenvalue weighted by Crippen LogP contribution is 2.33. The molecule has 0 aliphatic rings. The summed E-state index contributed by atoms with van der Waals surface area (Å²) >= 11 is 12.3. The van der Waals surface area contributed by atoms with Gasteiger partial charge in [0, 0.05) is 28.4 Å². The fraction of sp³-hybridized carbons (Fsp3) is 0.200. The highest BCUT2D eigenvalue weighted by atomic mass is 35.5. The molecule has 9 heteroatoms. The molecule has 0 unspecified atom stereocenters. The third kappa shape index (κ3) is 2.71. The average molecular weight is 366 g/mol. The highest BCUT2D eigenvalue weighted by Gasteiger charge is 2.21. The first-order valence-corrected chi connectivity index (χ1v) is 7.72. The van der Waals surface area contributed by atoms with E-state index in [0.717, 1.165) is 5.56 Å². The lowest BCUT2D eigenvalue weighted by Gasteiger charge is -2.13. The minimum absolute atomic E-state index is 0.0927. The number of ether oxygens (including phenoxy) is 1. The third-order valence-corrected chi connectivity index (χ3v) is 4.10. The Bertz CT molecular complexity index is 955. The molecule has 0 radical (unpaired) electrons. The molecule has 3 rings (SSSR count). The van der Waals surface area contributed by atoms with Crippen molar-refractivity contribution in [1.82, 2.24) is 19.6 Å². The molecule has 7 nitrogen and oxygen atoms in total. The molecule has 124 valence electrons. The number of carbonyl (C=O) groups is 1. The van der Waals surface area contributed by atoms with E-state index in [1.165, 1.54) is 11.6 Å². The van der Waals surface area contributed by atoms with Crippen molar-refractivity contribution in [2.45, 2.75) is 13.5 Å². The number of aryl methyl sites for hydroxylation is 1. The summed E-state index contributed by atoms with van der Waals surface area (Å²) in [5.41, 5.74) is 8.59. The monoisotopic (exact) mass is 365 g/mol. The van der Waals surface area contributed by atoms with Gasteiger partial charge in [0.1, 0.15) is 0 Å². The van der Waals surface area contributed by atoms with Crippen LogP contribution >= 0.6 is 23.2 Å². The molecule has 0 amide bonds. The van der Waals surface area contributed by atoms with Gasteiger partial charge in [-0.15, -0.1) is 5.10 Å². The van der Waals surface area contributed by atoms with Crippen LogP contribution < -0.4 is 5.73 Å². The zero-order chi connectivity index (χ0) is 17.4. The molecule has 24 heavy (non-hydrogen) atoms. The largest absolute Gasteiger partial charge is 0.463 e. The molecular formula is C15H13Cl2N5O2. The van der Waals surface area contributed by atoms with Crippen molar-refractivity contribution in [2.24, 2.45) is 5.73 Å². The van der Waals surface area contributed by atoms with E-state index in [-0.39, 0.29) is 18.1 Å². The number of hydrogen-bond donors (Lipinski definition) is 1. The van der Waals surface area contributed by atoms with Gasteiger partial charge in [-0.1, -0.05) is 23.2 Å². The summed E-state index contributed by atoms with van der Waals surface area (Å²) in [4.78, 5) is 20.2. The lowest BCUT2D eigenvalue weighted by molar-refractivity contribution is 0.0587. The summed E-state index contributed by atoms with van der Waals surface area (Å²) in [7, 11) is 1.26. The van der Waals surface area contributed by atoms with Crippen LogP contribution in [0.3, 0.4) is 0 Å². The van der Waals surface area contributed by atoms with E-state index >= 15 is 0 Å². The lowest BCUT2D eigenvalue weighted by atomic mass is 10.0. The zero-order valence-corrected chi connectivity index (χ0v) is 14.4. The van der Waals surface area contributed by atoms with Crippen LogP contribution in [0.4, 0.5) is 0 Å². The fourth-order valence-corrected chi connectivity index (χ4v) is 2.92. The average Bonchev–Trinajstić information content (AvgIpc) is 2.96. The maximum atomic E-state index is 11.7. The third-order valence-electron chi connectivity index (χ3n) is 3.55. The summed E-state index contributed by atoms with van der Waals surface area (Å²) < 4.78 is 6.11. The normalized spacial score (nSPS) is 11.0. The summed E-state index contributed by atoms with van der Waals surface area (Å²) in [6.45, 7) is 2.03. The van der Waals surface area contributed by atoms with Crippen LogP contribution in [0.2, 0.25) is 10.0 Å². The van der Waals surface area contributed by atoms with Crippen molar-refractivity contribution in [3.63, 3.8) is 0 Å². The standard InChI is InChI=1S/C15H13Cl2N5O2/c1-7-10(6-18)12(9-4-3-8(16)5-11(9)17)22-15(19-7)20-13(21-22)14(23)24-2/h3-5H,6,18H2,1-2H3. The van der Waals surface area contributed by atoms with Gasteiger partial charge in [0.05, 0.1) is 17.8 Å². The molecule has 0 atom stereocenters. The van der Waals surface area contributed by atoms with Crippen molar-refractivity contribution in [2.75, 3.05) is 7.11 Å². The van der Waals surface area contributed by atoms with Crippen LogP contribution in [0.25, 0.3) is 17.0 Å². The molecule has 2 aromatic heterocycles. The number of carbonyl (C=O) groups excluding carboxylic acids is 1. The van der Waals surface area contributed by atoms with Gasteiger partial charge >= 0.3 is 5.97 Å². The maximum absolute atomic E-state index is 11.7. The molecule has 0 bridgehead atoms. The van der Waals surface area contributed by atoms with Crippen LogP contribution in [0.15, 0.2) is 18.2 Å². The summed E-state index contributed by atoms with van der Waals surface area (Å²) in [6.07, 6.45) is 0. The minimum Gasteiger partial charge on any atom is -0.463 e. The first-order chi connectivity index (χ1) is 11.5. The molecule has 3 aromatic rings. The van der Waals surface area contributed by atoms with Gasteiger partial charge in [-0.05, 0) is 25.1 Å². The van der Waals surface area contributed by atoms with E-state index < -0.39 is 5.97 Å². The number of nitrogens with two attached hydrogens (primary N) is 1. The van der Waals surface area contributed by atoms with Crippen LogP contribution in [0.5, 0.6) is 0 Å². The van der Waals surface area contributed by atoms with Crippen molar-refractivity contribution in [3.05, 3.63) is 45.3 Å². The Labute approximate surface area is 147 Å². The number of esters is 1. The number of benzene rings is 1. The van der Waals surface area contributed by atoms with E-state index in [0.29, 0.717) is 27.0 Å². The summed E-state index contributed by atoms with van der Waals surface area (Å²) in [6, 6.07) is 5.10. The molecule has 0 spiro atoms. The Hall–Kier alpha value is -2.22. The van der Waals surface area contributed by atoms with Crippen molar-refractivity contribution in [3.8, 4) is 11.3 Å². The number of aromatic nitrogens is 4. The van der Waals surface area contributed by atoms with Gasteiger partial charge in [-0.2, -0.15) is 9.50 Å². The Morgan fingerprint density at radius 3 is 2.71 bits per heavy atom. The molecule has 2 N–H and O–H groups in total. The van der Waals surface area contributed by atoms with Crippen LogP contribution in [0.1, 0.15) is 21.9 Å². The Balaban J connectivity index is 2.38. The number of methoxy groups -OCH3 is 1. The van der Waals surface area contributed by atoms with E-state index in [2.05, 4.69) is 19.8 Å². The predicted molar refractivity (Wildman–Crippen MR) is 90.2 cm³/mol. The van der Waals surface area contributed by atoms with Gasteiger partial charge < -0.3 is 10.5 Å². The van der Waals surface area contributed by atoms with Crippen LogP contribution in [0, 0.1) is 6.92 Å². The van der Waals surface area contributed by atoms with Gasteiger partial charge in [-0.3, -0.25) is 0 Å². The van der Waals surface area contributed by atoms with Gasteiger partial charge in [-0.25, -0.2) is 9.78 Å². The molecule has 0 aliphatic carbocycles. The van der Waals surface area contributed by atoms with Crippen molar-refractivity contribution < 1.29 is 9.53 Å². The maximum Gasteiger partial charge on any atom is 0.378 e. The molecular weight excluding hydrogens is 353 g/mol. The smallest absolute Gasteiger partial charge is 0.378 e.